The third kappa shape index (κ3) is 3.43. The number of nitrogens with two attached hydrogens (primary N) is 1. The van der Waals surface area contributed by atoms with Crippen LogP contribution in [-0.4, -0.2) is 43.7 Å². The van der Waals surface area contributed by atoms with E-state index >= 15 is 0 Å². The van der Waals surface area contributed by atoms with Gasteiger partial charge in [-0.2, -0.15) is 0 Å². The Bertz CT molecular complexity index is 223. The molecule has 0 saturated carbocycles. The van der Waals surface area contributed by atoms with Gasteiger partial charge in [-0.05, 0) is 25.3 Å². The van der Waals surface area contributed by atoms with Gasteiger partial charge in [-0.1, -0.05) is 13.3 Å². The molecule has 3 N–H and O–H groups in total. The zero-order valence-electron chi connectivity index (χ0n) is 10.2. The normalized spacial score (nSPS) is 23.3. The summed E-state index contributed by atoms with van der Waals surface area (Å²) < 4.78 is 5.15. The van der Waals surface area contributed by atoms with Gasteiger partial charge in [0.05, 0.1) is 12.6 Å². The lowest BCUT2D eigenvalue weighted by Crippen LogP contribution is -2.48. The Hall–Kier alpha value is -0.650. The lowest BCUT2D eigenvalue weighted by atomic mass is 10.1. The number of carbonyl (C=O) groups is 1. The Balaban J connectivity index is 2.49. The molecule has 1 saturated heterocycles. The predicted molar refractivity (Wildman–Crippen MR) is 62.6 cm³/mol. The number of amides is 1. The zero-order valence-corrected chi connectivity index (χ0v) is 10.2. The third-order valence-corrected chi connectivity index (χ3v) is 3.17. The summed E-state index contributed by atoms with van der Waals surface area (Å²) in [7, 11) is 1.72. The molecule has 2 atom stereocenters. The van der Waals surface area contributed by atoms with Crippen molar-refractivity contribution in [3.8, 4) is 0 Å². The first-order chi connectivity index (χ1) is 7.72. The van der Waals surface area contributed by atoms with Crippen molar-refractivity contribution in [3.63, 3.8) is 0 Å². The highest BCUT2D eigenvalue weighted by Crippen LogP contribution is 2.20. The van der Waals surface area contributed by atoms with E-state index < -0.39 is 0 Å². The number of likely N-dealkylation sites (tertiary alicyclic amines) is 1. The van der Waals surface area contributed by atoms with Gasteiger partial charge in [0.1, 0.15) is 0 Å². The summed E-state index contributed by atoms with van der Waals surface area (Å²) in [6, 6.07) is -0.0724. The van der Waals surface area contributed by atoms with E-state index in [0.717, 1.165) is 39.0 Å². The van der Waals surface area contributed by atoms with E-state index in [0.29, 0.717) is 5.92 Å². The molecule has 5 nitrogen and oxygen atoms in total. The summed E-state index contributed by atoms with van der Waals surface area (Å²) in [5.41, 5.74) is 2.26. The molecule has 0 aromatic heterocycles. The van der Waals surface area contributed by atoms with Gasteiger partial charge < -0.3 is 4.74 Å². The first-order valence-electron chi connectivity index (χ1n) is 5.96. The van der Waals surface area contributed by atoms with Crippen LogP contribution in [0.2, 0.25) is 0 Å². The maximum Gasteiger partial charge on any atom is 0.251 e. The molecule has 94 valence electrons. The van der Waals surface area contributed by atoms with Crippen molar-refractivity contribution in [2.45, 2.75) is 32.2 Å². The van der Waals surface area contributed by atoms with Crippen LogP contribution in [0.3, 0.4) is 0 Å². The minimum atomic E-state index is -0.0724. The van der Waals surface area contributed by atoms with Crippen molar-refractivity contribution in [1.29, 1.82) is 0 Å². The van der Waals surface area contributed by atoms with Crippen molar-refractivity contribution in [2.24, 2.45) is 11.8 Å². The Kier molecular flexibility index (Phi) is 5.73. The Morgan fingerprint density at radius 3 is 3.00 bits per heavy atom. The van der Waals surface area contributed by atoms with E-state index in [2.05, 4.69) is 17.2 Å². The molecular formula is C11H23N3O2. The highest BCUT2D eigenvalue weighted by atomic mass is 16.5. The van der Waals surface area contributed by atoms with E-state index in [1.807, 2.05) is 0 Å². The molecule has 0 aromatic carbocycles. The molecule has 0 aliphatic carbocycles. The van der Waals surface area contributed by atoms with Gasteiger partial charge in [-0.25, -0.2) is 5.84 Å². The number of hydrazine groups is 1. The molecule has 2 unspecified atom stereocenters. The van der Waals surface area contributed by atoms with Gasteiger partial charge in [-0.15, -0.1) is 0 Å². The Labute approximate surface area is 97.3 Å². The standard InChI is InChI=1S/C11H23N3O2/c1-3-4-10(11(15)13-12)14-6-5-9(7-14)8-16-2/h9-10H,3-8,12H2,1-2H3,(H,13,15). The summed E-state index contributed by atoms with van der Waals surface area (Å²) in [6.07, 6.45) is 2.96. The summed E-state index contributed by atoms with van der Waals surface area (Å²) in [5.74, 6) is 5.69. The van der Waals surface area contributed by atoms with Gasteiger partial charge in [0.2, 0.25) is 0 Å². The molecule has 0 spiro atoms. The lowest BCUT2D eigenvalue weighted by Gasteiger charge is -2.25. The highest BCUT2D eigenvalue weighted by Gasteiger charge is 2.31. The number of nitrogens with zero attached hydrogens (tertiary/aromatic N) is 1. The number of nitrogens with one attached hydrogen (secondary N) is 1. The topological polar surface area (TPSA) is 67.6 Å². The fourth-order valence-corrected chi connectivity index (χ4v) is 2.37. The molecule has 16 heavy (non-hydrogen) atoms. The largest absolute Gasteiger partial charge is 0.384 e. The van der Waals surface area contributed by atoms with E-state index in [1.165, 1.54) is 0 Å². The second-order valence-corrected chi connectivity index (χ2v) is 4.42. The van der Waals surface area contributed by atoms with Crippen molar-refractivity contribution in [3.05, 3.63) is 0 Å². The summed E-state index contributed by atoms with van der Waals surface area (Å²) in [6.45, 7) is 4.76. The SMILES string of the molecule is CCCC(C(=O)NN)N1CCC(COC)C1. The molecular weight excluding hydrogens is 206 g/mol. The van der Waals surface area contributed by atoms with E-state index in [1.54, 1.807) is 7.11 Å². The van der Waals surface area contributed by atoms with Crippen LogP contribution in [-0.2, 0) is 9.53 Å². The quantitative estimate of drug-likeness (QED) is 0.385. The predicted octanol–water partition coefficient (Wildman–Crippen LogP) is 0.113. The number of carbonyl (C=O) groups excluding carboxylic acids is 1. The van der Waals surface area contributed by atoms with Crippen molar-refractivity contribution in [1.82, 2.24) is 10.3 Å². The summed E-state index contributed by atoms with van der Waals surface area (Å²) in [5, 5.41) is 0. The van der Waals surface area contributed by atoms with Gasteiger partial charge in [-0.3, -0.25) is 15.1 Å². The maximum atomic E-state index is 11.6. The van der Waals surface area contributed by atoms with Gasteiger partial charge >= 0.3 is 0 Å². The molecule has 1 aliphatic rings. The molecule has 1 heterocycles. The maximum absolute atomic E-state index is 11.6. The Morgan fingerprint density at radius 2 is 2.44 bits per heavy atom. The average Bonchev–Trinajstić information content (AvgIpc) is 2.74. The van der Waals surface area contributed by atoms with Crippen LogP contribution in [0.25, 0.3) is 0 Å². The molecule has 0 radical (unpaired) electrons. The number of ether oxygens (including phenoxy) is 1. The monoisotopic (exact) mass is 229 g/mol. The van der Waals surface area contributed by atoms with Crippen LogP contribution in [0, 0.1) is 5.92 Å². The van der Waals surface area contributed by atoms with Crippen molar-refractivity contribution < 1.29 is 9.53 Å². The van der Waals surface area contributed by atoms with Gasteiger partial charge in [0.25, 0.3) is 5.91 Å². The van der Waals surface area contributed by atoms with Crippen LogP contribution in [0.15, 0.2) is 0 Å². The van der Waals surface area contributed by atoms with Crippen LogP contribution in [0.5, 0.6) is 0 Å². The minimum Gasteiger partial charge on any atom is -0.384 e. The molecule has 1 amide bonds. The first kappa shape index (κ1) is 13.4. The van der Waals surface area contributed by atoms with Crippen molar-refractivity contribution >= 4 is 5.91 Å². The van der Waals surface area contributed by atoms with Crippen molar-refractivity contribution in [2.75, 3.05) is 26.8 Å². The van der Waals surface area contributed by atoms with Crippen LogP contribution < -0.4 is 11.3 Å². The fourth-order valence-electron chi connectivity index (χ4n) is 2.37. The van der Waals surface area contributed by atoms with Gasteiger partial charge in [0.15, 0.2) is 0 Å². The number of hydrogen-bond donors (Lipinski definition) is 2. The van der Waals surface area contributed by atoms with Crippen LogP contribution >= 0.6 is 0 Å². The lowest BCUT2D eigenvalue weighted by molar-refractivity contribution is -0.126. The number of hydrogen-bond acceptors (Lipinski definition) is 4. The first-order valence-corrected chi connectivity index (χ1v) is 5.96. The minimum absolute atomic E-state index is 0.0695. The van der Waals surface area contributed by atoms with E-state index in [-0.39, 0.29) is 11.9 Å². The molecule has 5 heteroatoms. The zero-order chi connectivity index (χ0) is 12.0. The number of methoxy groups -OCH3 is 1. The summed E-state index contributed by atoms with van der Waals surface area (Å²) >= 11 is 0. The third-order valence-electron chi connectivity index (χ3n) is 3.17. The summed E-state index contributed by atoms with van der Waals surface area (Å²) in [4.78, 5) is 13.9. The molecule has 1 aliphatic heterocycles. The molecule has 0 aromatic rings. The highest BCUT2D eigenvalue weighted by molar-refractivity contribution is 5.81. The van der Waals surface area contributed by atoms with E-state index in [4.69, 9.17) is 10.6 Å². The fraction of sp³-hybridized carbons (Fsp3) is 0.909. The number of rotatable bonds is 6. The second kappa shape index (κ2) is 6.83. The molecule has 0 bridgehead atoms. The van der Waals surface area contributed by atoms with E-state index in [9.17, 15) is 4.79 Å². The van der Waals surface area contributed by atoms with Crippen LogP contribution in [0.4, 0.5) is 0 Å². The average molecular weight is 229 g/mol. The Morgan fingerprint density at radius 1 is 1.69 bits per heavy atom. The molecule has 1 rings (SSSR count). The second-order valence-electron chi connectivity index (χ2n) is 4.42. The van der Waals surface area contributed by atoms with Gasteiger partial charge in [0, 0.05) is 13.7 Å². The molecule has 1 fully saturated rings. The van der Waals surface area contributed by atoms with Crippen LogP contribution in [0.1, 0.15) is 26.2 Å². The smallest absolute Gasteiger partial charge is 0.251 e.